The number of carbonyl (C=O) groups excluding carboxylic acids is 1. The van der Waals surface area contributed by atoms with Gasteiger partial charge in [-0.3, -0.25) is 0 Å². The number of aldehydes is 1. The standard InChI is InChI=1S/C11H22O2/c1-4-11(13-3)10(2)8-6-5-7-9-12/h9-11H,4-8H2,1-3H3/t10-,11+/m0/s1. The first-order chi connectivity index (χ1) is 6.26. The van der Waals surface area contributed by atoms with Gasteiger partial charge in [-0.05, 0) is 25.2 Å². The van der Waals surface area contributed by atoms with Crippen molar-refractivity contribution in [2.45, 2.75) is 52.1 Å². The van der Waals surface area contributed by atoms with Gasteiger partial charge in [-0.2, -0.15) is 0 Å². The minimum absolute atomic E-state index is 0.385. The van der Waals surface area contributed by atoms with E-state index in [0.29, 0.717) is 18.4 Å². The molecule has 0 aliphatic heterocycles. The fourth-order valence-corrected chi connectivity index (χ4v) is 1.68. The van der Waals surface area contributed by atoms with Crippen molar-refractivity contribution in [3.05, 3.63) is 0 Å². The van der Waals surface area contributed by atoms with E-state index >= 15 is 0 Å². The lowest BCUT2D eigenvalue weighted by molar-refractivity contribution is -0.107. The maximum Gasteiger partial charge on any atom is 0.119 e. The second-order valence-corrected chi connectivity index (χ2v) is 3.61. The quantitative estimate of drug-likeness (QED) is 0.430. The van der Waals surface area contributed by atoms with Gasteiger partial charge in [0.2, 0.25) is 0 Å². The fraction of sp³-hybridized carbons (Fsp3) is 0.909. The van der Waals surface area contributed by atoms with Crippen LogP contribution in [0.2, 0.25) is 0 Å². The summed E-state index contributed by atoms with van der Waals surface area (Å²) in [4.78, 5) is 10.1. The Balaban J connectivity index is 3.47. The molecule has 13 heavy (non-hydrogen) atoms. The molecule has 2 atom stereocenters. The van der Waals surface area contributed by atoms with Gasteiger partial charge in [0, 0.05) is 13.5 Å². The van der Waals surface area contributed by atoms with Gasteiger partial charge in [0.15, 0.2) is 0 Å². The summed E-state index contributed by atoms with van der Waals surface area (Å²) in [6, 6.07) is 0. The van der Waals surface area contributed by atoms with Crippen molar-refractivity contribution in [1.82, 2.24) is 0 Å². The number of methoxy groups -OCH3 is 1. The first-order valence-corrected chi connectivity index (χ1v) is 5.22. The molecule has 0 amide bonds. The summed E-state index contributed by atoms with van der Waals surface area (Å²) in [7, 11) is 1.77. The monoisotopic (exact) mass is 186 g/mol. The summed E-state index contributed by atoms with van der Waals surface area (Å²) in [6.07, 6.45) is 6.49. The smallest absolute Gasteiger partial charge is 0.119 e. The molecule has 0 rings (SSSR count). The van der Waals surface area contributed by atoms with Gasteiger partial charge < -0.3 is 9.53 Å². The molecule has 0 aromatic carbocycles. The van der Waals surface area contributed by atoms with Crippen LogP contribution in [0.5, 0.6) is 0 Å². The van der Waals surface area contributed by atoms with Gasteiger partial charge in [0.25, 0.3) is 0 Å². The van der Waals surface area contributed by atoms with Crippen LogP contribution < -0.4 is 0 Å². The topological polar surface area (TPSA) is 26.3 Å². The molecular weight excluding hydrogens is 164 g/mol. The normalized spacial score (nSPS) is 15.3. The molecule has 0 bridgehead atoms. The molecule has 0 saturated heterocycles. The van der Waals surface area contributed by atoms with Crippen molar-refractivity contribution in [2.24, 2.45) is 5.92 Å². The Hall–Kier alpha value is -0.370. The van der Waals surface area contributed by atoms with Crippen LogP contribution in [-0.4, -0.2) is 19.5 Å². The first-order valence-electron chi connectivity index (χ1n) is 5.22. The molecule has 78 valence electrons. The Morgan fingerprint density at radius 1 is 1.38 bits per heavy atom. The molecule has 0 aromatic heterocycles. The van der Waals surface area contributed by atoms with Crippen LogP contribution in [-0.2, 0) is 9.53 Å². The number of unbranched alkanes of at least 4 members (excludes halogenated alkanes) is 2. The van der Waals surface area contributed by atoms with E-state index in [9.17, 15) is 4.79 Å². The summed E-state index contributed by atoms with van der Waals surface area (Å²) >= 11 is 0. The molecule has 0 aliphatic rings. The molecule has 0 radical (unpaired) electrons. The SMILES string of the molecule is CC[C@@H](OC)[C@@H](C)CCCCC=O. The number of carbonyl (C=O) groups is 1. The van der Waals surface area contributed by atoms with Crippen LogP contribution in [0.15, 0.2) is 0 Å². The second kappa shape index (κ2) is 8.24. The highest BCUT2D eigenvalue weighted by Crippen LogP contribution is 2.17. The summed E-state index contributed by atoms with van der Waals surface area (Å²) < 4.78 is 5.35. The van der Waals surface area contributed by atoms with E-state index in [-0.39, 0.29) is 0 Å². The van der Waals surface area contributed by atoms with E-state index in [0.717, 1.165) is 25.5 Å². The molecule has 2 nitrogen and oxygen atoms in total. The summed E-state index contributed by atoms with van der Waals surface area (Å²) in [5, 5.41) is 0. The molecule has 0 heterocycles. The molecule has 0 saturated carbocycles. The third kappa shape index (κ3) is 5.81. The minimum atomic E-state index is 0.385. The molecule has 0 fully saturated rings. The average molecular weight is 186 g/mol. The zero-order valence-electron chi connectivity index (χ0n) is 9.08. The van der Waals surface area contributed by atoms with Crippen molar-refractivity contribution in [1.29, 1.82) is 0 Å². The highest BCUT2D eigenvalue weighted by molar-refractivity contribution is 5.48. The maximum atomic E-state index is 10.1. The van der Waals surface area contributed by atoms with Crippen molar-refractivity contribution in [3.8, 4) is 0 Å². The molecule has 0 N–H and O–H groups in total. The lowest BCUT2D eigenvalue weighted by Crippen LogP contribution is -2.19. The van der Waals surface area contributed by atoms with Crippen molar-refractivity contribution < 1.29 is 9.53 Å². The fourth-order valence-electron chi connectivity index (χ4n) is 1.68. The Labute approximate surface area is 81.7 Å². The van der Waals surface area contributed by atoms with Crippen LogP contribution in [0.25, 0.3) is 0 Å². The molecule has 0 unspecified atom stereocenters. The van der Waals surface area contributed by atoms with E-state index in [1.165, 1.54) is 6.42 Å². The zero-order valence-corrected chi connectivity index (χ0v) is 9.08. The molecule has 0 aromatic rings. The Morgan fingerprint density at radius 2 is 2.08 bits per heavy atom. The predicted octanol–water partition coefficient (Wildman–Crippen LogP) is 2.81. The molecule has 0 spiro atoms. The minimum Gasteiger partial charge on any atom is -0.381 e. The van der Waals surface area contributed by atoms with E-state index in [2.05, 4.69) is 13.8 Å². The van der Waals surface area contributed by atoms with E-state index < -0.39 is 0 Å². The van der Waals surface area contributed by atoms with Crippen LogP contribution >= 0.6 is 0 Å². The van der Waals surface area contributed by atoms with Gasteiger partial charge in [0.1, 0.15) is 6.29 Å². The van der Waals surface area contributed by atoms with Crippen LogP contribution in [0, 0.1) is 5.92 Å². The van der Waals surface area contributed by atoms with Crippen LogP contribution in [0.4, 0.5) is 0 Å². The number of ether oxygens (including phenoxy) is 1. The number of hydrogen-bond donors (Lipinski definition) is 0. The van der Waals surface area contributed by atoms with Gasteiger partial charge in [-0.25, -0.2) is 0 Å². The molecule has 0 aliphatic carbocycles. The maximum absolute atomic E-state index is 10.1. The molecular formula is C11H22O2. The molecule has 2 heteroatoms. The van der Waals surface area contributed by atoms with Gasteiger partial charge in [0.05, 0.1) is 6.10 Å². The lowest BCUT2D eigenvalue weighted by atomic mass is 9.96. The summed E-state index contributed by atoms with van der Waals surface area (Å²) in [5.74, 6) is 0.613. The average Bonchev–Trinajstić information content (AvgIpc) is 2.14. The van der Waals surface area contributed by atoms with Gasteiger partial charge in [-0.1, -0.05) is 20.3 Å². The summed E-state index contributed by atoms with van der Waals surface area (Å²) in [5.41, 5.74) is 0. The van der Waals surface area contributed by atoms with E-state index in [1.54, 1.807) is 7.11 Å². The number of hydrogen-bond acceptors (Lipinski definition) is 2. The zero-order chi connectivity index (χ0) is 10.1. The lowest BCUT2D eigenvalue weighted by Gasteiger charge is -2.20. The van der Waals surface area contributed by atoms with Crippen LogP contribution in [0.1, 0.15) is 46.0 Å². The van der Waals surface area contributed by atoms with E-state index in [1.807, 2.05) is 0 Å². The number of rotatable bonds is 8. The summed E-state index contributed by atoms with van der Waals surface area (Å²) in [6.45, 7) is 4.37. The third-order valence-electron chi connectivity index (χ3n) is 2.57. The Kier molecular flexibility index (Phi) is 8.00. The van der Waals surface area contributed by atoms with Crippen molar-refractivity contribution in [2.75, 3.05) is 7.11 Å². The second-order valence-electron chi connectivity index (χ2n) is 3.61. The Morgan fingerprint density at radius 3 is 2.54 bits per heavy atom. The Bertz CT molecular complexity index is 119. The van der Waals surface area contributed by atoms with Crippen molar-refractivity contribution >= 4 is 6.29 Å². The van der Waals surface area contributed by atoms with Gasteiger partial charge in [-0.15, -0.1) is 0 Å². The highest BCUT2D eigenvalue weighted by Gasteiger charge is 2.13. The van der Waals surface area contributed by atoms with Gasteiger partial charge >= 0.3 is 0 Å². The highest BCUT2D eigenvalue weighted by atomic mass is 16.5. The largest absolute Gasteiger partial charge is 0.381 e. The van der Waals surface area contributed by atoms with Crippen molar-refractivity contribution in [3.63, 3.8) is 0 Å². The van der Waals surface area contributed by atoms with E-state index in [4.69, 9.17) is 4.74 Å². The first kappa shape index (κ1) is 12.6. The van der Waals surface area contributed by atoms with Crippen LogP contribution in [0.3, 0.4) is 0 Å². The third-order valence-corrected chi connectivity index (χ3v) is 2.57. The predicted molar refractivity (Wildman–Crippen MR) is 54.8 cm³/mol.